The van der Waals surface area contributed by atoms with Gasteiger partial charge in [0.25, 0.3) is 0 Å². The van der Waals surface area contributed by atoms with Crippen molar-refractivity contribution in [1.82, 2.24) is 29.8 Å². The second kappa shape index (κ2) is 10.1. The van der Waals surface area contributed by atoms with Gasteiger partial charge in [-0.25, -0.2) is 19.9 Å². The molecular formula is C24H19F6N7O. The lowest BCUT2D eigenvalue weighted by Gasteiger charge is -2.26. The first-order chi connectivity index (χ1) is 18.1. The van der Waals surface area contributed by atoms with E-state index in [1.165, 1.54) is 30.6 Å². The molecule has 0 spiro atoms. The molecule has 0 atom stereocenters. The molecule has 5 heterocycles. The zero-order valence-corrected chi connectivity index (χ0v) is 19.5. The Morgan fingerprint density at radius 1 is 0.895 bits per heavy atom. The maximum atomic E-state index is 13.6. The number of aromatic nitrogens is 5. The molecule has 4 aromatic heterocycles. The number of morpholine rings is 1. The van der Waals surface area contributed by atoms with E-state index < -0.39 is 23.6 Å². The molecule has 0 unspecified atom stereocenters. The quantitative estimate of drug-likeness (QED) is 0.354. The summed E-state index contributed by atoms with van der Waals surface area (Å²) >= 11 is 0. The predicted octanol–water partition coefficient (Wildman–Crippen LogP) is 5.10. The second-order valence-corrected chi connectivity index (χ2v) is 8.42. The summed E-state index contributed by atoms with van der Waals surface area (Å²) in [5, 5.41) is 2.92. The summed E-state index contributed by atoms with van der Waals surface area (Å²) in [6.07, 6.45) is -5.74. The Balaban J connectivity index is 1.57. The predicted molar refractivity (Wildman–Crippen MR) is 124 cm³/mol. The van der Waals surface area contributed by atoms with Crippen molar-refractivity contribution in [3.05, 3.63) is 66.0 Å². The highest BCUT2D eigenvalue weighted by atomic mass is 19.4. The highest BCUT2D eigenvalue weighted by Crippen LogP contribution is 2.36. The summed E-state index contributed by atoms with van der Waals surface area (Å²) in [5.74, 6) is 0.515. The van der Waals surface area contributed by atoms with Gasteiger partial charge in [0, 0.05) is 31.0 Å². The number of nitrogens with zero attached hydrogens (tertiary/aromatic N) is 6. The van der Waals surface area contributed by atoms with Crippen molar-refractivity contribution in [2.75, 3.05) is 31.6 Å². The van der Waals surface area contributed by atoms with E-state index >= 15 is 0 Å². The van der Waals surface area contributed by atoms with Crippen LogP contribution in [0.1, 0.15) is 17.1 Å². The van der Waals surface area contributed by atoms with Gasteiger partial charge < -0.3 is 10.1 Å². The minimum absolute atomic E-state index is 0.101. The summed E-state index contributed by atoms with van der Waals surface area (Å²) in [7, 11) is 0. The molecule has 1 fully saturated rings. The first-order valence-corrected chi connectivity index (χ1v) is 11.4. The molecule has 1 aliphatic rings. The zero-order chi connectivity index (χ0) is 26.9. The van der Waals surface area contributed by atoms with Crippen LogP contribution in [0.15, 0.2) is 48.9 Å². The standard InChI is InChI=1S/C24H19F6N7O/c25-23(26,27)16-2-1-5-31-20(16)14-10-17-21(33-11-14)22(34-15-3-4-18(32-12-15)24(28,29)30)36-19(35-17)13-37-6-8-38-9-7-37/h1-5,10-12H,6-9,13H2,(H,34,35,36). The van der Waals surface area contributed by atoms with Crippen molar-refractivity contribution in [1.29, 1.82) is 0 Å². The van der Waals surface area contributed by atoms with Crippen LogP contribution < -0.4 is 5.32 Å². The van der Waals surface area contributed by atoms with Crippen LogP contribution in [0.2, 0.25) is 0 Å². The van der Waals surface area contributed by atoms with E-state index in [0.717, 1.165) is 18.3 Å². The lowest BCUT2D eigenvalue weighted by molar-refractivity contribution is -0.141. The molecular weight excluding hydrogens is 516 g/mol. The summed E-state index contributed by atoms with van der Waals surface area (Å²) < 4.78 is 84.9. The third-order valence-electron chi connectivity index (χ3n) is 5.75. The summed E-state index contributed by atoms with van der Waals surface area (Å²) in [6, 6.07) is 5.58. The van der Waals surface area contributed by atoms with Crippen molar-refractivity contribution < 1.29 is 31.1 Å². The van der Waals surface area contributed by atoms with Crippen LogP contribution in [-0.2, 0) is 23.6 Å². The number of hydrogen-bond donors (Lipinski definition) is 1. The minimum Gasteiger partial charge on any atom is -0.379 e. The summed E-state index contributed by atoms with van der Waals surface area (Å²) in [6.45, 7) is 2.65. The monoisotopic (exact) mass is 535 g/mol. The van der Waals surface area contributed by atoms with Crippen LogP contribution in [0.4, 0.5) is 37.8 Å². The second-order valence-electron chi connectivity index (χ2n) is 8.42. The number of hydrogen-bond acceptors (Lipinski definition) is 8. The molecule has 5 rings (SSSR count). The van der Waals surface area contributed by atoms with Crippen molar-refractivity contribution in [3.63, 3.8) is 0 Å². The van der Waals surface area contributed by atoms with Gasteiger partial charge in [-0.05, 0) is 30.3 Å². The fourth-order valence-electron chi connectivity index (χ4n) is 3.95. The SMILES string of the molecule is FC(F)(F)c1ccc(Nc2nc(CN3CCOCC3)nc3cc(-c4ncccc4C(F)(F)F)cnc23)cn1. The molecule has 4 aromatic rings. The molecule has 198 valence electrons. The van der Waals surface area contributed by atoms with Crippen LogP contribution in [-0.4, -0.2) is 56.1 Å². The molecule has 8 nitrogen and oxygen atoms in total. The molecule has 38 heavy (non-hydrogen) atoms. The number of rotatable bonds is 5. The fraction of sp³-hybridized carbons (Fsp3) is 0.292. The molecule has 14 heteroatoms. The number of fused-ring (bicyclic) bond motifs is 1. The maximum Gasteiger partial charge on any atom is 0.433 e. The van der Waals surface area contributed by atoms with E-state index in [1.807, 2.05) is 4.90 Å². The topological polar surface area (TPSA) is 89.0 Å². The molecule has 0 radical (unpaired) electrons. The van der Waals surface area contributed by atoms with E-state index in [2.05, 4.69) is 30.2 Å². The van der Waals surface area contributed by atoms with Crippen LogP contribution in [0.25, 0.3) is 22.3 Å². The van der Waals surface area contributed by atoms with E-state index in [-0.39, 0.29) is 33.8 Å². The van der Waals surface area contributed by atoms with Crippen LogP contribution >= 0.6 is 0 Å². The van der Waals surface area contributed by atoms with Gasteiger partial charge in [-0.2, -0.15) is 26.3 Å². The number of halogens is 6. The average molecular weight is 535 g/mol. The Kier molecular flexibility index (Phi) is 6.84. The van der Waals surface area contributed by atoms with E-state index in [9.17, 15) is 26.3 Å². The number of anilines is 2. The fourth-order valence-corrected chi connectivity index (χ4v) is 3.95. The Hall–Kier alpha value is -3.91. The van der Waals surface area contributed by atoms with Gasteiger partial charge in [0.15, 0.2) is 5.82 Å². The average Bonchev–Trinajstić information content (AvgIpc) is 2.88. The third-order valence-corrected chi connectivity index (χ3v) is 5.75. The van der Waals surface area contributed by atoms with E-state index in [0.29, 0.717) is 38.7 Å². The van der Waals surface area contributed by atoms with Crippen LogP contribution in [0.3, 0.4) is 0 Å². The van der Waals surface area contributed by atoms with Crippen LogP contribution in [0, 0.1) is 0 Å². The Labute approximate surface area is 211 Å². The Morgan fingerprint density at radius 2 is 1.68 bits per heavy atom. The van der Waals surface area contributed by atoms with Crippen molar-refractivity contribution in [3.8, 4) is 11.3 Å². The van der Waals surface area contributed by atoms with Crippen molar-refractivity contribution in [2.45, 2.75) is 18.9 Å². The van der Waals surface area contributed by atoms with E-state index in [4.69, 9.17) is 4.74 Å². The van der Waals surface area contributed by atoms with Crippen molar-refractivity contribution in [2.24, 2.45) is 0 Å². The number of alkyl halides is 6. The van der Waals surface area contributed by atoms with Gasteiger partial charge in [-0.3, -0.25) is 9.88 Å². The molecule has 0 aliphatic carbocycles. The van der Waals surface area contributed by atoms with Crippen LogP contribution in [0.5, 0.6) is 0 Å². The number of pyridine rings is 3. The molecule has 0 aromatic carbocycles. The molecule has 1 N–H and O–H groups in total. The first kappa shape index (κ1) is 25.7. The Bertz CT molecular complexity index is 1440. The highest BCUT2D eigenvalue weighted by Gasteiger charge is 2.34. The van der Waals surface area contributed by atoms with Crippen molar-refractivity contribution >= 4 is 22.5 Å². The third kappa shape index (κ3) is 5.65. The first-order valence-electron chi connectivity index (χ1n) is 11.4. The summed E-state index contributed by atoms with van der Waals surface area (Å²) in [4.78, 5) is 22.7. The lowest BCUT2D eigenvalue weighted by atomic mass is 10.1. The van der Waals surface area contributed by atoms with Gasteiger partial charge in [-0.1, -0.05) is 0 Å². The molecule has 0 bridgehead atoms. The van der Waals surface area contributed by atoms with Gasteiger partial charge in [0.1, 0.15) is 17.0 Å². The number of nitrogens with one attached hydrogen (secondary N) is 1. The summed E-state index contributed by atoms with van der Waals surface area (Å²) in [5.41, 5.74) is -1.51. The molecule has 1 saturated heterocycles. The Morgan fingerprint density at radius 3 is 2.37 bits per heavy atom. The molecule has 0 amide bonds. The zero-order valence-electron chi connectivity index (χ0n) is 19.5. The molecule has 0 saturated carbocycles. The normalized spacial score (nSPS) is 15.1. The van der Waals surface area contributed by atoms with Gasteiger partial charge in [-0.15, -0.1) is 0 Å². The maximum absolute atomic E-state index is 13.6. The highest BCUT2D eigenvalue weighted by molar-refractivity contribution is 5.89. The van der Waals surface area contributed by atoms with Gasteiger partial charge in [0.2, 0.25) is 0 Å². The van der Waals surface area contributed by atoms with Gasteiger partial charge >= 0.3 is 12.4 Å². The van der Waals surface area contributed by atoms with E-state index in [1.54, 1.807) is 0 Å². The largest absolute Gasteiger partial charge is 0.433 e. The minimum atomic E-state index is -4.63. The lowest BCUT2D eigenvalue weighted by Crippen LogP contribution is -2.36. The number of ether oxygens (including phenoxy) is 1. The van der Waals surface area contributed by atoms with Gasteiger partial charge in [0.05, 0.1) is 48.4 Å². The smallest absolute Gasteiger partial charge is 0.379 e. The molecule has 1 aliphatic heterocycles.